The Kier molecular flexibility index (Phi) is 4.44. The summed E-state index contributed by atoms with van der Waals surface area (Å²) < 4.78 is 0. The average molecular weight is 326 g/mol. The summed E-state index contributed by atoms with van der Waals surface area (Å²) in [4.78, 5) is 24.4. The van der Waals surface area contributed by atoms with Gasteiger partial charge in [-0.15, -0.1) is 0 Å². The molecule has 0 bridgehead atoms. The van der Waals surface area contributed by atoms with Gasteiger partial charge in [-0.3, -0.25) is 14.9 Å². The zero-order valence-electron chi connectivity index (χ0n) is 11.3. The number of nitrogens with zero attached hydrogens (tertiary/aromatic N) is 2. The van der Waals surface area contributed by atoms with Crippen molar-refractivity contribution in [3.63, 3.8) is 0 Å². The smallest absolute Gasteiger partial charge is 0.324 e. The van der Waals surface area contributed by atoms with Gasteiger partial charge in [0, 0.05) is 25.2 Å². The normalized spacial score (nSPS) is 10.2. The molecule has 1 aromatic carbocycles. The van der Waals surface area contributed by atoms with Crippen LogP contribution in [-0.2, 0) is 0 Å². The largest absolute Gasteiger partial charge is 0.376 e. The van der Waals surface area contributed by atoms with E-state index in [1.807, 2.05) is 19.0 Å². The Labute approximate surface area is 130 Å². The predicted molar refractivity (Wildman–Crippen MR) is 84.7 cm³/mol. The molecule has 0 spiro atoms. The maximum absolute atomic E-state index is 12.2. The van der Waals surface area contributed by atoms with E-state index in [2.05, 4.69) is 5.32 Å². The number of amides is 1. The molecule has 0 aliphatic heterocycles. The van der Waals surface area contributed by atoms with Gasteiger partial charge < -0.3 is 10.2 Å². The summed E-state index contributed by atoms with van der Waals surface area (Å²) in [6.45, 7) is 0. The Morgan fingerprint density at radius 2 is 2.05 bits per heavy atom. The molecule has 1 aromatic heterocycles. The first kappa shape index (κ1) is 15.3. The molecule has 1 N–H and O–H groups in total. The number of nitro groups is 1. The monoisotopic (exact) mass is 325 g/mol. The summed E-state index contributed by atoms with van der Waals surface area (Å²) in [5, 5.41) is 13.8. The van der Waals surface area contributed by atoms with E-state index in [4.69, 9.17) is 11.6 Å². The van der Waals surface area contributed by atoms with Gasteiger partial charge in [-0.2, -0.15) is 0 Å². The lowest BCUT2D eigenvalue weighted by Gasteiger charge is -2.17. The van der Waals surface area contributed by atoms with Gasteiger partial charge in [0.05, 0.1) is 21.2 Å². The molecular formula is C13H12ClN3O3S. The number of hydrogen-bond donors (Lipinski definition) is 1. The fourth-order valence-corrected chi connectivity index (χ4v) is 2.62. The quantitative estimate of drug-likeness (QED) is 0.688. The van der Waals surface area contributed by atoms with E-state index < -0.39 is 10.8 Å². The first-order valence-corrected chi connectivity index (χ1v) is 7.10. The molecule has 0 unspecified atom stereocenters. The van der Waals surface area contributed by atoms with Crippen LogP contribution >= 0.6 is 22.9 Å². The summed E-state index contributed by atoms with van der Waals surface area (Å²) in [6, 6.07) is 7.89. The zero-order chi connectivity index (χ0) is 15.6. The Balaban J connectivity index is 2.26. The molecule has 6 nitrogen and oxygen atoms in total. The highest BCUT2D eigenvalue weighted by atomic mass is 35.5. The minimum atomic E-state index is -0.522. The second kappa shape index (κ2) is 6.11. The van der Waals surface area contributed by atoms with E-state index >= 15 is 0 Å². The van der Waals surface area contributed by atoms with E-state index in [-0.39, 0.29) is 9.88 Å². The number of anilines is 2. The number of thiophene rings is 1. The molecule has 21 heavy (non-hydrogen) atoms. The van der Waals surface area contributed by atoms with Crippen LogP contribution in [0, 0.1) is 10.1 Å². The Hall–Kier alpha value is -2.12. The molecule has 0 saturated heterocycles. The van der Waals surface area contributed by atoms with Crippen molar-refractivity contribution in [3.05, 3.63) is 50.3 Å². The van der Waals surface area contributed by atoms with Gasteiger partial charge in [0.25, 0.3) is 5.91 Å². The van der Waals surface area contributed by atoms with Crippen LogP contribution in [0.5, 0.6) is 0 Å². The number of benzene rings is 1. The highest BCUT2D eigenvalue weighted by molar-refractivity contribution is 7.17. The highest BCUT2D eigenvalue weighted by Crippen LogP contribution is 2.30. The molecule has 0 saturated carbocycles. The van der Waals surface area contributed by atoms with E-state index in [9.17, 15) is 14.9 Å². The molecule has 0 radical (unpaired) electrons. The van der Waals surface area contributed by atoms with Crippen LogP contribution < -0.4 is 10.2 Å². The molecule has 8 heteroatoms. The van der Waals surface area contributed by atoms with Gasteiger partial charge in [-0.1, -0.05) is 22.9 Å². The van der Waals surface area contributed by atoms with Crippen LogP contribution in [0.15, 0.2) is 30.3 Å². The Morgan fingerprint density at radius 3 is 2.62 bits per heavy atom. The van der Waals surface area contributed by atoms with E-state index in [0.29, 0.717) is 10.7 Å². The number of rotatable bonds is 4. The van der Waals surface area contributed by atoms with Crippen molar-refractivity contribution in [2.24, 2.45) is 0 Å². The number of halogens is 1. The molecule has 2 aromatic rings. The second-order valence-electron chi connectivity index (χ2n) is 4.41. The third kappa shape index (κ3) is 3.50. The SMILES string of the molecule is CN(C)c1ccc(Cl)cc1NC(=O)c1ccc([N+](=O)[O-])s1. The van der Waals surface area contributed by atoms with Crippen molar-refractivity contribution in [2.45, 2.75) is 0 Å². The molecular weight excluding hydrogens is 314 g/mol. The molecule has 1 amide bonds. The number of hydrogen-bond acceptors (Lipinski definition) is 5. The van der Waals surface area contributed by atoms with Crippen molar-refractivity contribution >= 4 is 45.2 Å². The van der Waals surface area contributed by atoms with Crippen LogP contribution in [0.3, 0.4) is 0 Å². The zero-order valence-corrected chi connectivity index (χ0v) is 12.9. The fourth-order valence-electron chi connectivity index (χ4n) is 1.73. The molecule has 110 valence electrons. The molecule has 0 aliphatic carbocycles. The minimum absolute atomic E-state index is 0.0703. The lowest BCUT2D eigenvalue weighted by molar-refractivity contribution is -0.380. The molecule has 2 rings (SSSR count). The maximum Gasteiger partial charge on any atom is 0.324 e. The lowest BCUT2D eigenvalue weighted by atomic mass is 10.2. The van der Waals surface area contributed by atoms with Crippen LogP contribution in [-0.4, -0.2) is 24.9 Å². The van der Waals surface area contributed by atoms with Crippen molar-refractivity contribution < 1.29 is 9.72 Å². The number of carbonyl (C=O) groups is 1. The van der Waals surface area contributed by atoms with Gasteiger partial charge in [0.15, 0.2) is 0 Å². The standard InChI is InChI=1S/C13H12ClN3O3S/c1-16(2)10-4-3-8(14)7-9(10)15-13(18)11-5-6-12(21-11)17(19)20/h3-7H,1-2H3,(H,15,18). The summed E-state index contributed by atoms with van der Waals surface area (Å²) in [6.07, 6.45) is 0. The van der Waals surface area contributed by atoms with Crippen molar-refractivity contribution in [1.29, 1.82) is 0 Å². The third-order valence-corrected chi connectivity index (χ3v) is 3.95. The average Bonchev–Trinajstić information content (AvgIpc) is 2.88. The number of nitrogens with one attached hydrogen (secondary N) is 1. The van der Waals surface area contributed by atoms with Crippen LogP contribution in [0.4, 0.5) is 16.4 Å². The molecule has 1 heterocycles. The minimum Gasteiger partial charge on any atom is -0.376 e. The van der Waals surface area contributed by atoms with Crippen molar-refractivity contribution in [3.8, 4) is 0 Å². The van der Waals surface area contributed by atoms with Gasteiger partial charge in [0.1, 0.15) is 0 Å². The summed E-state index contributed by atoms with van der Waals surface area (Å²) >= 11 is 6.77. The van der Waals surface area contributed by atoms with Gasteiger partial charge in [-0.05, 0) is 24.3 Å². The van der Waals surface area contributed by atoms with Gasteiger partial charge in [0.2, 0.25) is 0 Å². The first-order valence-electron chi connectivity index (χ1n) is 5.91. The topological polar surface area (TPSA) is 75.5 Å². The third-order valence-electron chi connectivity index (χ3n) is 2.68. The highest BCUT2D eigenvalue weighted by Gasteiger charge is 2.17. The van der Waals surface area contributed by atoms with Crippen molar-refractivity contribution in [2.75, 3.05) is 24.3 Å². The van der Waals surface area contributed by atoms with E-state index in [1.165, 1.54) is 12.1 Å². The summed E-state index contributed by atoms with van der Waals surface area (Å²) in [7, 11) is 3.68. The van der Waals surface area contributed by atoms with Gasteiger partial charge in [-0.25, -0.2) is 0 Å². The molecule has 0 fully saturated rings. The molecule has 0 aliphatic rings. The van der Waals surface area contributed by atoms with Gasteiger partial charge >= 0.3 is 5.00 Å². The Morgan fingerprint density at radius 1 is 1.33 bits per heavy atom. The Bertz CT molecular complexity index is 700. The number of carbonyl (C=O) groups excluding carboxylic acids is 1. The maximum atomic E-state index is 12.2. The van der Waals surface area contributed by atoms with E-state index in [1.54, 1.807) is 18.2 Å². The summed E-state index contributed by atoms with van der Waals surface area (Å²) in [5.74, 6) is -0.404. The summed E-state index contributed by atoms with van der Waals surface area (Å²) in [5.41, 5.74) is 1.34. The van der Waals surface area contributed by atoms with Crippen molar-refractivity contribution in [1.82, 2.24) is 0 Å². The first-order chi connectivity index (χ1) is 9.88. The lowest BCUT2D eigenvalue weighted by Crippen LogP contribution is -2.16. The van der Waals surface area contributed by atoms with Crippen LogP contribution in [0.1, 0.15) is 9.67 Å². The van der Waals surface area contributed by atoms with E-state index in [0.717, 1.165) is 17.0 Å². The molecule has 0 atom stereocenters. The van der Waals surface area contributed by atoms with Crippen LogP contribution in [0.2, 0.25) is 5.02 Å². The second-order valence-corrected chi connectivity index (χ2v) is 5.90. The predicted octanol–water partition coefficient (Wildman–Crippen LogP) is 3.63. The fraction of sp³-hybridized carbons (Fsp3) is 0.154. The van der Waals surface area contributed by atoms with Crippen LogP contribution in [0.25, 0.3) is 0 Å².